The van der Waals surface area contributed by atoms with Crippen LogP contribution in [0.15, 0.2) is 12.2 Å². The van der Waals surface area contributed by atoms with Crippen molar-refractivity contribution in [3.8, 4) is 0 Å². The molecule has 0 bridgehead atoms. The first-order chi connectivity index (χ1) is 5.46. The van der Waals surface area contributed by atoms with Gasteiger partial charge in [0, 0.05) is 0 Å². The molecule has 0 aliphatic heterocycles. The van der Waals surface area contributed by atoms with Crippen molar-refractivity contribution in [3.63, 3.8) is 0 Å². The highest BCUT2D eigenvalue weighted by Crippen LogP contribution is 2.28. The quantitative estimate of drug-likeness (QED) is 0.620. The number of rotatable bonds is 3. The summed E-state index contributed by atoms with van der Waals surface area (Å²) in [6, 6.07) is 0. The van der Waals surface area contributed by atoms with Gasteiger partial charge in [-0.15, -0.1) is 0 Å². The fourth-order valence-corrected chi connectivity index (χ4v) is 0.545. The summed E-state index contributed by atoms with van der Waals surface area (Å²) >= 11 is 0. The van der Waals surface area contributed by atoms with Gasteiger partial charge in [-0.3, -0.25) is 4.79 Å². The lowest BCUT2D eigenvalue weighted by Crippen LogP contribution is -2.27. The normalized spacial score (nSPS) is 12.9. The van der Waals surface area contributed by atoms with E-state index in [4.69, 9.17) is 0 Å². The van der Waals surface area contributed by atoms with Crippen molar-refractivity contribution in [3.05, 3.63) is 12.2 Å². The molecular formula is C8H12F2O2. The van der Waals surface area contributed by atoms with Crippen LogP contribution < -0.4 is 0 Å². The fourth-order valence-electron chi connectivity index (χ4n) is 0.545. The molecule has 0 atom stereocenters. The smallest absolute Gasteiger partial charge is 0.318 e. The topological polar surface area (TPSA) is 26.3 Å². The Balaban J connectivity index is 4.49. The lowest BCUT2D eigenvalue weighted by atomic mass is 9.93. The van der Waals surface area contributed by atoms with Crippen LogP contribution in [0.25, 0.3) is 0 Å². The predicted molar refractivity (Wildman–Crippen MR) is 40.7 cm³/mol. The summed E-state index contributed by atoms with van der Waals surface area (Å²) in [5, 5.41) is 0. The molecule has 0 aliphatic rings. The van der Waals surface area contributed by atoms with Gasteiger partial charge in [0.05, 0.1) is 6.61 Å². The number of hydrogen-bond acceptors (Lipinski definition) is 2. The molecule has 0 aromatic carbocycles. The van der Waals surface area contributed by atoms with Crippen LogP contribution in [0.4, 0.5) is 8.78 Å². The average Bonchev–Trinajstić information content (AvgIpc) is 2.03. The van der Waals surface area contributed by atoms with Gasteiger partial charge >= 0.3 is 5.97 Å². The number of carbonyl (C=O) groups is 1. The lowest BCUT2D eigenvalue weighted by Gasteiger charge is -2.18. The number of esters is 1. The summed E-state index contributed by atoms with van der Waals surface area (Å²) in [6.07, 6.45) is -0.225. The fraction of sp³-hybridized carbons (Fsp3) is 0.625. The van der Waals surface area contributed by atoms with Crippen molar-refractivity contribution in [2.45, 2.75) is 20.8 Å². The van der Waals surface area contributed by atoms with Crippen LogP contribution in [0.2, 0.25) is 0 Å². The molecular weight excluding hydrogens is 166 g/mol. The lowest BCUT2D eigenvalue weighted by molar-refractivity contribution is -0.152. The number of hydrogen-bond donors (Lipinski definition) is 0. The minimum atomic E-state index is -1.52. The third kappa shape index (κ3) is 2.29. The number of ether oxygens (including phenoxy) is 1. The van der Waals surface area contributed by atoms with E-state index in [9.17, 15) is 13.6 Å². The average molecular weight is 178 g/mol. The van der Waals surface area contributed by atoms with Crippen molar-refractivity contribution >= 4 is 5.97 Å². The summed E-state index contributed by atoms with van der Waals surface area (Å²) in [6.45, 7) is 4.28. The molecule has 0 heterocycles. The Hall–Kier alpha value is -0.930. The minimum Gasteiger partial charge on any atom is -0.465 e. The van der Waals surface area contributed by atoms with Crippen LogP contribution in [-0.2, 0) is 9.53 Å². The molecule has 0 unspecified atom stereocenters. The number of halogens is 2. The van der Waals surface area contributed by atoms with E-state index in [0.717, 1.165) is 0 Å². The molecule has 2 nitrogen and oxygen atoms in total. The second-order valence-corrected chi connectivity index (χ2v) is 2.80. The highest BCUT2D eigenvalue weighted by atomic mass is 19.2. The monoisotopic (exact) mass is 178 g/mol. The zero-order valence-electron chi connectivity index (χ0n) is 7.36. The van der Waals surface area contributed by atoms with E-state index in [1.807, 2.05) is 0 Å². The van der Waals surface area contributed by atoms with Gasteiger partial charge in [0.1, 0.15) is 17.6 Å². The largest absolute Gasteiger partial charge is 0.465 e. The van der Waals surface area contributed by atoms with E-state index in [1.54, 1.807) is 6.92 Å². The van der Waals surface area contributed by atoms with Crippen molar-refractivity contribution < 1.29 is 18.3 Å². The Morgan fingerprint density at radius 2 is 2.08 bits per heavy atom. The Kier molecular flexibility index (Phi) is 3.86. The van der Waals surface area contributed by atoms with Crippen molar-refractivity contribution in [2.24, 2.45) is 5.41 Å². The van der Waals surface area contributed by atoms with Gasteiger partial charge < -0.3 is 4.74 Å². The summed E-state index contributed by atoms with van der Waals surface area (Å²) in [5.74, 6) is -1.89. The minimum absolute atomic E-state index is 0.155. The molecule has 0 N–H and O–H groups in total. The van der Waals surface area contributed by atoms with Gasteiger partial charge in [0.25, 0.3) is 0 Å². The molecule has 70 valence electrons. The molecule has 0 amide bonds. The Bertz CT molecular complexity index is 197. The zero-order valence-corrected chi connectivity index (χ0v) is 7.36. The Labute approximate surface area is 70.2 Å². The van der Waals surface area contributed by atoms with Crippen LogP contribution in [0.3, 0.4) is 0 Å². The maximum Gasteiger partial charge on any atom is 0.318 e. The van der Waals surface area contributed by atoms with Crippen LogP contribution >= 0.6 is 0 Å². The van der Waals surface area contributed by atoms with Gasteiger partial charge in [-0.05, 0) is 20.8 Å². The number of carbonyl (C=O) groups excluding carboxylic acids is 1. The molecule has 4 heteroatoms. The highest BCUT2D eigenvalue weighted by Gasteiger charge is 2.34. The molecule has 0 saturated carbocycles. The summed E-state index contributed by atoms with van der Waals surface area (Å²) < 4.78 is 29.0. The van der Waals surface area contributed by atoms with E-state index >= 15 is 0 Å². The Morgan fingerprint density at radius 1 is 1.58 bits per heavy atom. The summed E-state index contributed by atoms with van der Waals surface area (Å²) in [5.41, 5.74) is -1.52. The van der Waals surface area contributed by atoms with Gasteiger partial charge in [0.15, 0.2) is 0 Å². The third-order valence-electron chi connectivity index (χ3n) is 1.48. The molecule has 0 spiro atoms. The van der Waals surface area contributed by atoms with Crippen molar-refractivity contribution in [2.75, 3.05) is 6.61 Å². The molecule has 0 aliphatic carbocycles. The highest BCUT2D eigenvalue weighted by molar-refractivity contribution is 5.78. The molecule has 0 fully saturated rings. The van der Waals surface area contributed by atoms with Gasteiger partial charge in [0.2, 0.25) is 0 Å². The molecule has 0 rings (SSSR count). The predicted octanol–water partition coefficient (Wildman–Crippen LogP) is 2.36. The first-order valence-electron chi connectivity index (χ1n) is 3.60. The van der Waals surface area contributed by atoms with E-state index in [2.05, 4.69) is 4.74 Å². The van der Waals surface area contributed by atoms with Crippen LogP contribution in [0, 0.1) is 5.41 Å². The maximum atomic E-state index is 12.7. The molecule has 0 radical (unpaired) electrons. The Morgan fingerprint density at radius 3 is 2.42 bits per heavy atom. The second kappa shape index (κ2) is 4.18. The first-order valence-corrected chi connectivity index (χ1v) is 3.60. The molecule has 0 saturated heterocycles. The van der Waals surface area contributed by atoms with Gasteiger partial charge in [-0.25, -0.2) is 8.78 Å². The summed E-state index contributed by atoms with van der Waals surface area (Å²) in [4.78, 5) is 11.0. The second-order valence-electron chi connectivity index (χ2n) is 2.80. The first kappa shape index (κ1) is 11.1. The van der Waals surface area contributed by atoms with Crippen molar-refractivity contribution in [1.29, 1.82) is 0 Å². The van der Waals surface area contributed by atoms with Gasteiger partial charge in [-0.2, -0.15) is 0 Å². The molecule has 0 aromatic rings. The van der Waals surface area contributed by atoms with E-state index in [-0.39, 0.29) is 12.9 Å². The molecule has 0 aromatic heterocycles. The van der Waals surface area contributed by atoms with Crippen LogP contribution in [0.5, 0.6) is 0 Å². The van der Waals surface area contributed by atoms with E-state index in [0.29, 0.717) is 0 Å². The van der Waals surface area contributed by atoms with Gasteiger partial charge in [-0.1, -0.05) is 0 Å². The summed E-state index contributed by atoms with van der Waals surface area (Å²) in [7, 11) is 0. The third-order valence-corrected chi connectivity index (χ3v) is 1.48. The van der Waals surface area contributed by atoms with E-state index < -0.39 is 17.2 Å². The van der Waals surface area contributed by atoms with Crippen molar-refractivity contribution in [1.82, 2.24) is 0 Å². The SMILES string of the molecule is CCOC(=O)C(C)(C)C(F)=CF. The van der Waals surface area contributed by atoms with Crippen LogP contribution in [-0.4, -0.2) is 12.6 Å². The maximum absolute atomic E-state index is 12.7. The molecule has 12 heavy (non-hydrogen) atoms. The standard InChI is InChI=1S/C8H12F2O2/c1-4-12-7(11)8(2,3)6(10)5-9/h5H,4H2,1-3H3. The van der Waals surface area contributed by atoms with Crippen LogP contribution in [0.1, 0.15) is 20.8 Å². The van der Waals surface area contributed by atoms with E-state index in [1.165, 1.54) is 13.8 Å². The zero-order chi connectivity index (χ0) is 9.78.